The van der Waals surface area contributed by atoms with Crippen LogP contribution in [-0.2, 0) is 0 Å². The first kappa shape index (κ1) is 11.5. The molecular formula is C11H23N3. The lowest BCUT2D eigenvalue weighted by Crippen LogP contribution is -2.29. The molecule has 0 radical (unpaired) electrons. The van der Waals surface area contributed by atoms with E-state index in [1.807, 2.05) is 0 Å². The standard InChI is InChI=1S/C11H23N3/c1-3-6-11(12)13-10(2)9-14-7-4-5-8-14/h10H,3-9H2,1-2H3,(H2,12,13). The van der Waals surface area contributed by atoms with E-state index in [2.05, 4.69) is 23.7 Å². The van der Waals surface area contributed by atoms with Gasteiger partial charge in [-0.3, -0.25) is 4.99 Å². The maximum Gasteiger partial charge on any atom is 0.0940 e. The van der Waals surface area contributed by atoms with Crippen molar-refractivity contribution >= 4 is 5.84 Å². The summed E-state index contributed by atoms with van der Waals surface area (Å²) in [5.41, 5.74) is 5.79. The number of likely N-dealkylation sites (tertiary alicyclic amines) is 1. The van der Waals surface area contributed by atoms with Gasteiger partial charge in [0.1, 0.15) is 0 Å². The maximum atomic E-state index is 5.79. The quantitative estimate of drug-likeness (QED) is 0.537. The molecule has 1 atom stereocenters. The summed E-state index contributed by atoms with van der Waals surface area (Å²) < 4.78 is 0. The minimum atomic E-state index is 0.361. The fourth-order valence-electron chi connectivity index (χ4n) is 1.98. The van der Waals surface area contributed by atoms with Gasteiger partial charge in [0.2, 0.25) is 0 Å². The highest BCUT2D eigenvalue weighted by Gasteiger charge is 2.13. The summed E-state index contributed by atoms with van der Waals surface area (Å²) in [7, 11) is 0. The molecule has 82 valence electrons. The van der Waals surface area contributed by atoms with Gasteiger partial charge in [-0.05, 0) is 39.3 Å². The first-order valence-electron chi connectivity index (χ1n) is 5.77. The molecule has 1 aliphatic rings. The molecule has 0 aliphatic carbocycles. The van der Waals surface area contributed by atoms with Crippen LogP contribution in [0.4, 0.5) is 0 Å². The van der Waals surface area contributed by atoms with Crippen molar-refractivity contribution in [2.24, 2.45) is 10.7 Å². The zero-order chi connectivity index (χ0) is 10.4. The average Bonchev–Trinajstić information content (AvgIpc) is 2.56. The average molecular weight is 197 g/mol. The van der Waals surface area contributed by atoms with Crippen molar-refractivity contribution in [3.8, 4) is 0 Å². The third-order valence-electron chi connectivity index (χ3n) is 2.61. The zero-order valence-electron chi connectivity index (χ0n) is 9.50. The molecule has 0 aromatic carbocycles. The second kappa shape index (κ2) is 6.02. The van der Waals surface area contributed by atoms with Crippen molar-refractivity contribution in [3.05, 3.63) is 0 Å². The third-order valence-corrected chi connectivity index (χ3v) is 2.61. The molecule has 1 saturated heterocycles. The Morgan fingerprint density at radius 1 is 1.43 bits per heavy atom. The van der Waals surface area contributed by atoms with Gasteiger partial charge in [-0.15, -0.1) is 0 Å². The van der Waals surface area contributed by atoms with E-state index in [-0.39, 0.29) is 0 Å². The Balaban J connectivity index is 2.26. The molecule has 0 saturated carbocycles. The molecule has 0 amide bonds. The second-order valence-electron chi connectivity index (χ2n) is 4.23. The monoisotopic (exact) mass is 197 g/mol. The Kier molecular flexibility index (Phi) is 4.94. The highest BCUT2D eigenvalue weighted by molar-refractivity contribution is 5.80. The highest BCUT2D eigenvalue weighted by atomic mass is 15.2. The minimum absolute atomic E-state index is 0.361. The van der Waals surface area contributed by atoms with Gasteiger partial charge in [-0.1, -0.05) is 6.92 Å². The lowest BCUT2D eigenvalue weighted by atomic mass is 10.3. The highest BCUT2D eigenvalue weighted by Crippen LogP contribution is 2.08. The molecular weight excluding hydrogens is 174 g/mol. The lowest BCUT2D eigenvalue weighted by Gasteiger charge is -2.17. The predicted octanol–water partition coefficient (Wildman–Crippen LogP) is 1.63. The first-order valence-corrected chi connectivity index (χ1v) is 5.77. The van der Waals surface area contributed by atoms with Crippen LogP contribution in [0.1, 0.15) is 39.5 Å². The number of aliphatic imine (C=N–C) groups is 1. The molecule has 1 aliphatic heterocycles. The van der Waals surface area contributed by atoms with Gasteiger partial charge in [0, 0.05) is 13.0 Å². The van der Waals surface area contributed by atoms with E-state index in [1.165, 1.54) is 25.9 Å². The van der Waals surface area contributed by atoms with Gasteiger partial charge in [0.05, 0.1) is 11.9 Å². The van der Waals surface area contributed by atoms with Gasteiger partial charge in [-0.25, -0.2) is 0 Å². The van der Waals surface area contributed by atoms with Crippen molar-refractivity contribution in [1.29, 1.82) is 0 Å². The Bertz CT molecular complexity index is 183. The molecule has 14 heavy (non-hydrogen) atoms. The Morgan fingerprint density at radius 3 is 2.64 bits per heavy atom. The van der Waals surface area contributed by atoms with Crippen LogP contribution in [-0.4, -0.2) is 36.4 Å². The number of nitrogens with two attached hydrogens (primary N) is 1. The van der Waals surface area contributed by atoms with Gasteiger partial charge in [0.15, 0.2) is 0 Å². The molecule has 3 heteroatoms. The second-order valence-corrected chi connectivity index (χ2v) is 4.23. The van der Waals surface area contributed by atoms with Crippen LogP contribution in [0.15, 0.2) is 4.99 Å². The Labute approximate surface area is 87.4 Å². The normalized spacial score (nSPS) is 21.4. The van der Waals surface area contributed by atoms with Gasteiger partial charge in [0.25, 0.3) is 0 Å². The van der Waals surface area contributed by atoms with E-state index in [0.717, 1.165) is 25.2 Å². The first-order chi connectivity index (χ1) is 6.72. The van der Waals surface area contributed by atoms with Crippen molar-refractivity contribution < 1.29 is 0 Å². The number of rotatable bonds is 5. The molecule has 0 spiro atoms. The molecule has 0 aromatic heterocycles. The molecule has 0 aromatic rings. The third kappa shape index (κ3) is 4.09. The number of amidine groups is 1. The summed E-state index contributed by atoms with van der Waals surface area (Å²) in [6, 6.07) is 0.361. The van der Waals surface area contributed by atoms with Crippen LogP contribution in [0.3, 0.4) is 0 Å². The summed E-state index contributed by atoms with van der Waals surface area (Å²) >= 11 is 0. The molecule has 1 rings (SSSR count). The molecule has 1 heterocycles. The molecule has 1 fully saturated rings. The van der Waals surface area contributed by atoms with E-state index < -0.39 is 0 Å². The zero-order valence-corrected chi connectivity index (χ0v) is 9.50. The largest absolute Gasteiger partial charge is 0.387 e. The molecule has 0 bridgehead atoms. The van der Waals surface area contributed by atoms with Crippen molar-refractivity contribution in [2.45, 2.75) is 45.6 Å². The van der Waals surface area contributed by atoms with Gasteiger partial charge >= 0.3 is 0 Å². The van der Waals surface area contributed by atoms with Crippen molar-refractivity contribution in [3.63, 3.8) is 0 Å². The Hall–Kier alpha value is -0.570. The van der Waals surface area contributed by atoms with Crippen LogP contribution in [0.25, 0.3) is 0 Å². The fraction of sp³-hybridized carbons (Fsp3) is 0.909. The van der Waals surface area contributed by atoms with Crippen LogP contribution >= 0.6 is 0 Å². The summed E-state index contributed by atoms with van der Waals surface area (Å²) in [5, 5.41) is 0. The fourth-order valence-corrected chi connectivity index (χ4v) is 1.98. The van der Waals surface area contributed by atoms with Crippen LogP contribution in [0.5, 0.6) is 0 Å². The topological polar surface area (TPSA) is 41.6 Å². The maximum absolute atomic E-state index is 5.79. The minimum Gasteiger partial charge on any atom is -0.387 e. The lowest BCUT2D eigenvalue weighted by molar-refractivity contribution is 0.321. The number of hydrogen-bond acceptors (Lipinski definition) is 2. The number of nitrogens with zero attached hydrogens (tertiary/aromatic N) is 2. The van der Waals surface area contributed by atoms with Crippen molar-refractivity contribution in [2.75, 3.05) is 19.6 Å². The summed E-state index contributed by atoms with van der Waals surface area (Å²) in [5.74, 6) is 0.819. The SMILES string of the molecule is CCCC(N)=NC(C)CN1CCCC1. The van der Waals surface area contributed by atoms with Gasteiger partial charge in [-0.2, -0.15) is 0 Å². The van der Waals surface area contributed by atoms with E-state index in [4.69, 9.17) is 5.73 Å². The molecule has 1 unspecified atom stereocenters. The summed E-state index contributed by atoms with van der Waals surface area (Å²) in [4.78, 5) is 6.96. The Morgan fingerprint density at radius 2 is 2.07 bits per heavy atom. The van der Waals surface area contributed by atoms with E-state index in [1.54, 1.807) is 0 Å². The van der Waals surface area contributed by atoms with E-state index in [0.29, 0.717) is 6.04 Å². The van der Waals surface area contributed by atoms with E-state index >= 15 is 0 Å². The van der Waals surface area contributed by atoms with E-state index in [9.17, 15) is 0 Å². The predicted molar refractivity (Wildman–Crippen MR) is 61.7 cm³/mol. The van der Waals surface area contributed by atoms with Crippen molar-refractivity contribution in [1.82, 2.24) is 4.90 Å². The van der Waals surface area contributed by atoms with Gasteiger partial charge < -0.3 is 10.6 Å². The molecule has 2 N–H and O–H groups in total. The smallest absolute Gasteiger partial charge is 0.0940 e. The van der Waals surface area contributed by atoms with Crippen LogP contribution in [0, 0.1) is 0 Å². The van der Waals surface area contributed by atoms with Crippen LogP contribution < -0.4 is 5.73 Å². The molecule has 3 nitrogen and oxygen atoms in total. The number of hydrogen-bond donors (Lipinski definition) is 1. The van der Waals surface area contributed by atoms with Crippen LogP contribution in [0.2, 0.25) is 0 Å². The summed E-state index contributed by atoms with van der Waals surface area (Å²) in [6.45, 7) is 7.85. The summed E-state index contributed by atoms with van der Waals surface area (Å²) in [6.07, 6.45) is 4.72.